The number of amides is 1. The maximum Gasteiger partial charge on any atom is 0.238 e. The molecule has 1 amide bonds. The van der Waals surface area contributed by atoms with Gasteiger partial charge in [0.05, 0.1) is 24.2 Å². The standard InChI is InChI=1S/C16H22N4O3.2ClH/c1-22-8-6-17-10-15(21)18-11-4-5-12-13(9-11)20-16(19-12)14-3-2-7-23-14;;/h4-5,9,14,17H,2-3,6-8,10H2,1H3,(H,18,21)(H,19,20);2*1H. The number of hydrogen-bond donors (Lipinski definition) is 3. The van der Waals surface area contributed by atoms with Crippen molar-refractivity contribution in [2.45, 2.75) is 18.9 Å². The van der Waals surface area contributed by atoms with E-state index in [2.05, 4.69) is 20.6 Å². The third-order valence-corrected chi connectivity index (χ3v) is 3.79. The van der Waals surface area contributed by atoms with Crippen molar-refractivity contribution in [3.63, 3.8) is 0 Å². The average Bonchev–Trinajstić information content (AvgIpc) is 3.19. The Bertz CT molecular complexity index is 674. The lowest BCUT2D eigenvalue weighted by Crippen LogP contribution is -2.30. The van der Waals surface area contributed by atoms with Crippen LogP contribution in [0.2, 0.25) is 0 Å². The van der Waals surface area contributed by atoms with E-state index in [1.54, 1.807) is 7.11 Å². The molecule has 3 N–H and O–H groups in total. The summed E-state index contributed by atoms with van der Waals surface area (Å²) in [6.07, 6.45) is 2.13. The molecule has 1 unspecified atom stereocenters. The Morgan fingerprint density at radius 3 is 3.00 bits per heavy atom. The van der Waals surface area contributed by atoms with E-state index in [1.807, 2.05) is 18.2 Å². The molecule has 1 saturated heterocycles. The van der Waals surface area contributed by atoms with E-state index < -0.39 is 0 Å². The summed E-state index contributed by atoms with van der Waals surface area (Å²) in [7, 11) is 1.63. The number of carbonyl (C=O) groups excluding carboxylic acids is 1. The second-order valence-corrected chi connectivity index (χ2v) is 5.57. The minimum Gasteiger partial charge on any atom is -0.383 e. The number of benzene rings is 1. The number of nitrogens with one attached hydrogen (secondary N) is 3. The summed E-state index contributed by atoms with van der Waals surface area (Å²) in [4.78, 5) is 19.7. The van der Waals surface area contributed by atoms with Gasteiger partial charge in [-0.25, -0.2) is 4.98 Å². The summed E-state index contributed by atoms with van der Waals surface area (Å²) in [6.45, 7) is 2.28. The minimum absolute atomic E-state index is 0. The lowest BCUT2D eigenvalue weighted by atomic mass is 10.2. The Morgan fingerprint density at radius 1 is 1.44 bits per heavy atom. The van der Waals surface area contributed by atoms with Crippen LogP contribution in [-0.4, -0.2) is 49.3 Å². The molecule has 2 heterocycles. The van der Waals surface area contributed by atoms with Crippen LogP contribution >= 0.6 is 24.8 Å². The highest BCUT2D eigenvalue weighted by Gasteiger charge is 2.21. The minimum atomic E-state index is -0.0840. The number of rotatable bonds is 7. The van der Waals surface area contributed by atoms with E-state index in [4.69, 9.17) is 9.47 Å². The zero-order valence-electron chi connectivity index (χ0n) is 14.0. The van der Waals surface area contributed by atoms with Crippen LogP contribution in [0.15, 0.2) is 18.2 Å². The molecule has 0 spiro atoms. The first-order valence-corrected chi connectivity index (χ1v) is 7.87. The molecule has 140 valence electrons. The molecule has 1 aromatic heterocycles. The molecule has 0 bridgehead atoms. The fraction of sp³-hybridized carbons (Fsp3) is 0.500. The Hall–Kier alpha value is -1.38. The number of H-pyrrole nitrogens is 1. The van der Waals surface area contributed by atoms with E-state index in [0.29, 0.717) is 13.2 Å². The van der Waals surface area contributed by atoms with Crippen LogP contribution in [0.5, 0.6) is 0 Å². The summed E-state index contributed by atoms with van der Waals surface area (Å²) in [5, 5.41) is 5.88. The van der Waals surface area contributed by atoms with Gasteiger partial charge in [-0.15, -0.1) is 24.8 Å². The zero-order chi connectivity index (χ0) is 16.1. The summed E-state index contributed by atoms with van der Waals surface area (Å²) < 4.78 is 10.6. The van der Waals surface area contributed by atoms with Gasteiger partial charge in [-0.05, 0) is 31.0 Å². The normalized spacial score (nSPS) is 16.3. The number of carbonyl (C=O) groups is 1. The van der Waals surface area contributed by atoms with E-state index in [9.17, 15) is 4.79 Å². The number of aromatic nitrogens is 2. The molecule has 2 aromatic rings. The van der Waals surface area contributed by atoms with Crippen LogP contribution in [0.4, 0.5) is 5.69 Å². The fourth-order valence-electron chi connectivity index (χ4n) is 2.63. The number of anilines is 1. The van der Waals surface area contributed by atoms with Gasteiger partial charge in [0, 0.05) is 25.9 Å². The fourth-order valence-corrected chi connectivity index (χ4v) is 2.63. The zero-order valence-corrected chi connectivity index (χ0v) is 15.7. The molecule has 1 atom stereocenters. The highest BCUT2D eigenvalue weighted by Crippen LogP contribution is 2.28. The van der Waals surface area contributed by atoms with Gasteiger partial charge in [0.1, 0.15) is 11.9 Å². The first kappa shape index (κ1) is 21.7. The Kier molecular flexibility index (Phi) is 9.16. The summed E-state index contributed by atoms with van der Waals surface area (Å²) in [6, 6.07) is 5.65. The predicted octanol–water partition coefficient (Wildman–Crippen LogP) is 2.43. The van der Waals surface area contributed by atoms with Gasteiger partial charge in [-0.2, -0.15) is 0 Å². The first-order chi connectivity index (χ1) is 11.3. The number of fused-ring (bicyclic) bond motifs is 1. The number of hydrogen-bond acceptors (Lipinski definition) is 5. The van der Waals surface area contributed by atoms with Crippen molar-refractivity contribution in [1.29, 1.82) is 0 Å². The van der Waals surface area contributed by atoms with Crippen molar-refractivity contribution >= 4 is 47.4 Å². The van der Waals surface area contributed by atoms with Gasteiger partial charge in [0.15, 0.2) is 0 Å². The van der Waals surface area contributed by atoms with E-state index >= 15 is 0 Å². The molecular weight excluding hydrogens is 367 g/mol. The lowest BCUT2D eigenvalue weighted by Gasteiger charge is -2.06. The Balaban J connectivity index is 0.00000156. The second-order valence-electron chi connectivity index (χ2n) is 5.57. The quantitative estimate of drug-likeness (QED) is 0.631. The topological polar surface area (TPSA) is 88.3 Å². The monoisotopic (exact) mass is 390 g/mol. The maximum atomic E-state index is 11.9. The van der Waals surface area contributed by atoms with Crippen molar-refractivity contribution in [1.82, 2.24) is 15.3 Å². The highest BCUT2D eigenvalue weighted by atomic mass is 35.5. The van der Waals surface area contributed by atoms with Gasteiger partial charge in [-0.1, -0.05) is 0 Å². The number of aromatic amines is 1. The molecule has 1 fully saturated rings. The molecule has 25 heavy (non-hydrogen) atoms. The molecular formula is C16H24Cl2N4O3. The summed E-state index contributed by atoms with van der Waals surface area (Å²) >= 11 is 0. The highest BCUT2D eigenvalue weighted by molar-refractivity contribution is 5.94. The van der Waals surface area contributed by atoms with Crippen LogP contribution in [-0.2, 0) is 14.3 Å². The third kappa shape index (κ3) is 5.83. The van der Waals surface area contributed by atoms with E-state index in [0.717, 1.165) is 42.0 Å². The molecule has 1 aliphatic heterocycles. The van der Waals surface area contributed by atoms with Crippen LogP contribution in [0.25, 0.3) is 11.0 Å². The van der Waals surface area contributed by atoms with Gasteiger partial charge in [0.2, 0.25) is 5.91 Å². The van der Waals surface area contributed by atoms with E-state index in [-0.39, 0.29) is 43.4 Å². The number of nitrogens with zero attached hydrogens (tertiary/aromatic N) is 1. The molecule has 1 aromatic carbocycles. The van der Waals surface area contributed by atoms with Crippen molar-refractivity contribution in [3.05, 3.63) is 24.0 Å². The number of imidazole rings is 1. The van der Waals surface area contributed by atoms with Crippen molar-refractivity contribution in [2.75, 3.05) is 38.7 Å². The van der Waals surface area contributed by atoms with E-state index in [1.165, 1.54) is 0 Å². The summed E-state index contributed by atoms with van der Waals surface area (Å²) in [5.41, 5.74) is 2.53. The van der Waals surface area contributed by atoms with Gasteiger partial charge < -0.3 is 25.1 Å². The second kappa shape index (κ2) is 10.6. The molecule has 0 radical (unpaired) electrons. The molecule has 7 nitrogen and oxygen atoms in total. The maximum absolute atomic E-state index is 11.9. The Morgan fingerprint density at radius 2 is 2.28 bits per heavy atom. The number of ether oxygens (including phenoxy) is 2. The van der Waals surface area contributed by atoms with Crippen LogP contribution in [0.3, 0.4) is 0 Å². The molecule has 1 aliphatic rings. The van der Waals surface area contributed by atoms with Gasteiger partial charge in [0.25, 0.3) is 0 Å². The predicted molar refractivity (Wildman–Crippen MR) is 102 cm³/mol. The van der Waals surface area contributed by atoms with Crippen LogP contribution in [0, 0.1) is 0 Å². The largest absolute Gasteiger partial charge is 0.383 e. The van der Waals surface area contributed by atoms with Crippen molar-refractivity contribution in [2.24, 2.45) is 0 Å². The molecule has 0 saturated carbocycles. The average molecular weight is 391 g/mol. The first-order valence-electron chi connectivity index (χ1n) is 7.87. The molecule has 9 heteroatoms. The lowest BCUT2D eigenvalue weighted by molar-refractivity contribution is -0.115. The smallest absolute Gasteiger partial charge is 0.238 e. The van der Waals surface area contributed by atoms with Gasteiger partial charge in [-0.3, -0.25) is 4.79 Å². The van der Waals surface area contributed by atoms with Crippen molar-refractivity contribution in [3.8, 4) is 0 Å². The van der Waals surface area contributed by atoms with Gasteiger partial charge >= 0.3 is 0 Å². The van der Waals surface area contributed by atoms with Crippen LogP contribution < -0.4 is 10.6 Å². The Labute approximate surface area is 159 Å². The van der Waals surface area contributed by atoms with Crippen LogP contribution in [0.1, 0.15) is 24.8 Å². The molecule has 0 aliphatic carbocycles. The summed E-state index contributed by atoms with van der Waals surface area (Å²) in [5.74, 6) is 0.779. The SMILES string of the molecule is COCCNCC(=O)Nc1ccc2nc(C3CCCO3)[nH]c2c1.Cl.Cl. The number of halogens is 2. The number of methoxy groups -OCH3 is 1. The van der Waals surface area contributed by atoms with Crippen molar-refractivity contribution < 1.29 is 14.3 Å². The third-order valence-electron chi connectivity index (χ3n) is 3.79. The molecule has 3 rings (SSSR count).